The Balaban J connectivity index is 1.94. The molecule has 0 saturated heterocycles. The molecule has 0 fully saturated rings. The number of hydrogen-bond acceptors (Lipinski definition) is 4. The molecule has 1 aromatic carbocycles. The quantitative estimate of drug-likeness (QED) is 0.721. The standard InChI is InChI=1S/C15H16N4S/c1-15(2,3)13-16-17-14-19(13)18-12(20-14)10-9-11-7-5-4-6-8-11/h4-10H,1-3H3. The van der Waals surface area contributed by atoms with Gasteiger partial charge in [0.25, 0.3) is 0 Å². The van der Waals surface area contributed by atoms with E-state index in [4.69, 9.17) is 0 Å². The third-order valence-corrected chi connectivity index (χ3v) is 3.76. The summed E-state index contributed by atoms with van der Waals surface area (Å²) in [5, 5.41) is 13.9. The first-order chi connectivity index (χ1) is 9.54. The van der Waals surface area contributed by atoms with Crippen LogP contribution in [0.25, 0.3) is 17.1 Å². The Labute approximate surface area is 121 Å². The topological polar surface area (TPSA) is 43.1 Å². The first kappa shape index (κ1) is 13.0. The highest BCUT2D eigenvalue weighted by Crippen LogP contribution is 2.24. The van der Waals surface area contributed by atoms with E-state index < -0.39 is 0 Å². The summed E-state index contributed by atoms with van der Waals surface area (Å²) in [6.45, 7) is 6.34. The molecule has 0 aliphatic rings. The largest absolute Gasteiger partial charge is 0.234 e. The Morgan fingerprint density at radius 1 is 1.05 bits per heavy atom. The van der Waals surface area contributed by atoms with Gasteiger partial charge < -0.3 is 0 Å². The first-order valence-electron chi connectivity index (χ1n) is 6.50. The predicted octanol–water partition coefficient (Wildman–Crippen LogP) is 3.65. The van der Waals surface area contributed by atoms with E-state index >= 15 is 0 Å². The van der Waals surface area contributed by atoms with E-state index in [1.54, 1.807) is 11.3 Å². The molecule has 2 heterocycles. The molecule has 102 valence electrons. The number of benzene rings is 1. The van der Waals surface area contributed by atoms with Crippen LogP contribution in [0.15, 0.2) is 30.3 Å². The molecule has 20 heavy (non-hydrogen) atoms. The van der Waals surface area contributed by atoms with Crippen molar-refractivity contribution in [3.63, 3.8) is 0 Å². The third kappa shape index (κ3) is 2.49. The summed E-state index contributed by atoms with van der Waals surface area (Å²) in [5.74, 6) is 0.892. The Hall–Kier alpha value is -2.01. The van der Waals surface area contributed by atoms with Gasteiger partial charge in [-0.1, -0.05) is 68.5 Å². The van der Waals surface area contributed by atoms with Gasteiger partial charge in [0.1, 0.15) is 5.01 Å². The molecule has 3 aromatic rings. The van der Waals surface area contributed by atoms with Crippen molar-refractivity contribution in [3.8, 4) is 0 Å². The lowest BCUT2D eigenvalue weighted by Crippen LogP contribution is -2.16. The van der Waals surface area contributed by atoms with Crippen molar-refractivity contribution in [1.82, 2.24) is 19.8 Å². The predicted molar refractivity (Wildman–Crippen MR) is 82.7 cm³/mol. The maximum atomic E-state index is 4.58. The zero-order chi connectivity index (χ0) is 14.2. The summed E-state index contributed by atoms with van der Waals surface area (Å²) in [5.41, 5.74) is 1.10. The van der Waals surface area contributed by atoms with E-state index in [2.05, 4.69) is 54.3 Å². The highest BCUT2D eigenvalue weighted by atomic mass is 32.1. The molecule has 0 atom stereocenters. The summed E-state index contributed by atoms with van der Waals surface area (Å²) in [7, 11) is 0. The Kier molecular flexibility index (Phi) is 3.14. The molecule has 3 rings (SSSR count). The molecule has 4 nitrogen and oxygen atoms in total. The maximum absolute atomic E-state index is 4.58. The molecular formula is C15H16N4S. The van der Waals surface area contributed by atoms with Crippen LogP contribution in [0.1, 0.15) is 37.2 Å². The van der Waals surface area contributed by atoms with Crippen molar-refractivity contribution in [3.05, 3.63) is 46.7 Å². The highest BCUT2D eigenvalue weighted by Gasteiger charge is 2.22. The van der Waals surface area contributed by atoms with Crippen molar-refractivity contribution in [2.45, 2.75) is 26.2 Å². The minimum Gasteiger partial charge on any atom is -0.186 e. The van der Waals surface area contributed by atoms with Crippen molar-refractivity contribution in [2.75, 3.05) is 0 Å². The van der Waals surface area contributed by atoms with Crippen molar-refractivity contribution in [2.24, 2.45) is 0 Å². The summed E-state index contributed by atoms with van der Waals surface area (Å²) in [4.78, 5) is 0.836. The van der Waals surface area contributed by atoms with Crippen LogP contribution in [-0.4, -0.2) is 19.8 Å². The lowest BCUT2D eigenvalue weighted by Gasteiger charge is -2.13. The van der Waals surface area contributed by atoms with E-state index in [1.807, 2.05) is 28.8 Å². The maximum Gasteiger partial charge on any atom is 0.234 e. The van der Waals surface area contributed by atoms with Crippen LogP contribution in [0.3, 0.4) is 0 Å². The zero-order valence-corrected chi connectivity index (χ0v) is 12.6. The SMILES string of the molecule is CC(C)(C)c1nnc2sc(C=Cc3ccccc3)nn12. The van der Waals surface area contributed by atoms with Crippen LogP contribution in [-0.2, 0) is 5.41 Å². The number of fused-ring (bicyclic) bond motifs is 1. The first-order valence-corrected chi connectivity index (χ1v) is 7.31. The van der Waals surface area contributed by atoms with Crippen LogP contribution in [0, 0.1) is 0 Å². The molecule has 0 radical (unpaired) electrons. The molecular weight excluding hydrogens is 268 g/mol. The third-order valence-electron chi connectivity index (χ3n) is 2.90. The molecule has 0 aliphatic heterocycles. The molecule has 0 amide bonds. The van der Waals surface area contributed by atoms with Gasteiger partial charge >= 0.3 is 0 Å². The number of hydrogen-bond donors (Lipinski definition) is 0. The summed E-state index contributed by atoms with van der Waals surface area (Å²) < 4.78 is 1.84. The van der Waals surface area contributed by atoms with Gasteiger partial charge in [-0.3, -0.25) is 0 Å². The number of aromatic nitrogens is 4. The minimum atomic E-state index is -0.0616. The monoisotopic (exact) mass is 284 g/mol. The van der Waals surface area contributed by atoms with Crippen LogP contribution >= 0.6 is 11.3 Å². The van der Waals surface area contributed by atoms with Gasteiger partial charge in [0.2, 0.25) is 4.96 Å². The summed E-state index contributed by atoms with van der Waals surface area (Å²) in [6.07, 6.45) is 4.07. The van der Waals surface area contributed by atoms with Crippen molar-refractivity contribution >= 4 is 28.4 Å². The smallest absolute Gasteiger partial charge is 0.186 e. The molecule has 0 N–H and O–H groups in total. The van der Waals surface area contributed by atoms with E-state index in [1.165, 1.54) is 0 Å². The summed E-state index contributed by atoms with van der Waals surface area (Å²) >= 11 is 1.54. The molecule has 0 unspecified atom stereocenters. The van der Waals surface area contributed by atoms with Gasteiger partial charge in [-0.25, -0.2) is 0 Å². The van der Waals surface area contributed by atoms with Gasteiger partial charge in [0.15, 0.2) is 5.82 Å². The average Bonchev–Trinajstić information content (AvgIpc) is 2.95. The van der Waals surface area contributed by atoms with E-state index in [-0.39, 0.29) is 5.41 Å². The van der Waals surface area contributed by atoms with Crippen molar-refractivity contribution < 1.29 is 0 Å². The minimum absolute atomic E-state index is 0.0616. The fourth-order valence-corrected chi connectivity index (χ4v) is 2.64. The van der Waals surface area contributed by atoms with E-state index in [9.17, 15) is 0 Å². The molecule has 5 heteroatoms. The second-order valence-corrected chi connectivity index (χ2v) is 6.64. The molecule has 0 saturated carbocycles. The molecule has 0 spiro atoms. The van der Waals surface area contributed by atoms with Gasteiger partial charge in [0, 0.05) is 5.41 Å². The van der Waals surface area contributed by atoms with Gasteiger partial charge in [-0.05, 0) is 11.6 Å². The fraction of sp³-hybridized carbons (Fsp3) is 0.267. The Morgan fingerprint density at radius 2 is 1.80 bits per heavy atom. The van der Waals surface area contributed by atoms with Crippen LogP contribution < -0.4 is 0 Å². The van der Waals surface area contributed by atoms with Gasteiger partial charge in [-0.15, -0.1) is 10.2 Å². The van der Waals surface area contributed by atoms with Crippen LogP contribution in [0.5, 0.6) is 0 Å². The van der Waals surface area contributed by atoms with E-state index in [0.29, 0.717) is 0 Å². The Morgan fingerprint density at radius 3 is 2.50 bits per heavy atom. The van der Waals surface area contributed by atoms with Crippen molar-refractivity contribution in [1.29, 1.82) is 0 Å². The highest BCUT2D eigenvalue weighted by molar-refractivity contribution is 7.17. The van der Waals surface area contributed by atoms with Gasteiger partial charge in [-0.2, -0.15) is 9.61 Å². The second kappa shape index (κ2) is 4.83. The lowest BCUT2D eigenvalue weighted by molar-refractivity contribution is 0.527. The Bertz CT molecular complexity index is 747. The fourth-order valence-electron chi connectivity index (χ4n) is 1.90. The second-order valence-electron chi connectivity index (χ2n) is 5.65. The zero-order valence-electron chi connectivity index (χ0n) is 11.7. The average molecular weight is 284 g/mol. The van der Waals surface area contributed by atoms with Crippen LogP contribution in [0.4, 0.5) is 0 Å². The number of nitrogens with zero attached hydrogens (tertiary/aromatic N) is 4. The van der Waals surface area contributed by atoms with E-state index in [0.717, 1.165) is 21.4 Å². The van der Waals surface area contributed by atoms with Crippen LogP contribution in [0.2, 0.25) is 0 Å². The summed E-state index contributed by atoms with van der Waals surface area (Å²) in [6, 6.07) is 10.2. The lowest BCUT2D eigenvalue weighted by atomic mass is 9.96. The number of rotatable bonds is 2. The molecule has 0 aliphatic carbocycles. The normalized spacial score (nSPS) is 12.6. The van der Waals surface area contributed by atoms with Gasteiger partial charge in [0.05, 0.1) is 0 Å². The molecule has 2 aromatic heterocycles. The molecule has 0 bridgehead atoms.